The molecule has 0 aromatic heterocycles. The summed E-state index contributed by atoms with van der Waals surface area (Å²) in [5.41, 5.74) is 0.492. The normalized spacial score (nSPS) is 23.3. The maximum absolute atomic E-state index is 11.5. The average Bonchev–Trinajstić information content (AvgIpc) is 2.83. The van der Waals surface area contributed by atoms with Gasteiger partial charge in [0.25, 0.3) is 0 Å². The van der Waals surface area contributed by atoms with E-state index < -0.39 is 42.5 Å². The second-order valence-electron chi connectivity index (χ2n) is 10.6. The molecular weight excluding hydrogens is 514 g/mol. The van der Waals surface area contributed by atoms with Crippen molar-refractivity contribution in [3.8, 4) is 5.75 Å². The number of fused-ring (bicyclic) bond motifs is 1. The average molecular weight is 552 g/mol. The van der Waals surface area contributed by atoms with Crippen LogP contribution in [0.25, 0.3) is 0 Å². The van der Waals surface area contributed by atoms with Crippen LogP contribution in [0.5, 0.6) is 5.75 Å². The molecule has 0 amide bonds. The van der Waals surface area contributed by atoms with Crippen LogP contribution in [0.3, 0.4) is 0 Å². The number of carboxylic acid groups (broad SMARTS) is 3. The van der Waals surface area contributed by atoms with E-state index in [9.17, 15) is 19.2 Å². The Balaban J connectivity index is 0.000000276. The highest BCUT2D eigenvalue weighted by atomic mass is 16.8. The Labute approximate surface area is 226 Å². The summed E-state index contributed by atoms with van der Waals surface area (Å²) in [5, 5.41) is 37.6. The number of carboxylic acids is 3. The Morgan fingerprint density at radius 2 is 1.77 bits per heavy atom. The quantitative estimate of drug-likeness (QED) is 0.223. The molecule has 1 aromatic rings. The summed E-state index contributed by atoms with van der Waals surface area (Å²) in [5.74, 6) is -3.50. The van der Waals surface area contributed by atoms with Gasteiger partial charge in [-0.3, -0.25) is 9.59 Å². The van der Waals surface area contributed by atoms with Crippen LogP contribution in [0.1, 0.15) is 69.9 Å². The molecular formula is C27H37NO11. The highest BCUT2D eigenvalue weighted by Gasteiger charge is 2.51. The van der Waals surface area contributed by atoms with Crippen molar-refractivity contribution >= 4 is 24.1 Å². The molecule has 2 bridgehead atoms. The fourth-order valence-electron chi connectivity index (χ4n) is 6.08. The molecule has 0 unspecified atom stereocenters. The van der Waals surface area contributed by atoms with Gasteiger partial charge in [-0.25, -0.2) is 9.59 Å². The molecule has 1 aliphatic heterocycles. The predicted octanol–water partition coefficient (Wildman–Crippen LogP) is 2.68. The number of aliphatic hydroxyl groups is 1. The number of rotatable bonds is 9. The third-order valence-electron chi connectivity index (χ3n) is 7.64. The minimum Gasteiger partial charge on any atom is -0.481 e. The summed E-state index contributed by atoms with van der Waals surface area (Å²) in [4.78, 5) is 42.0. The number of hydrogen-bond acceptors (Lipinski definition) is 9. The Morgan fingerprint density at radius 3 is 2.38 bits per heavy atom. The maximum atomic E-state index is 11.5. The van der Waals surface area contributed by atoms with Gasteiger partial charge in [0, 0.05) is 11.5 Å². The van der Waals surface area contributed by atoms with E-state index in [4.69, 9.17) is 34.6 Å². The standard InChI is InChI=1S/C21H29NO4.C6H8O7/c1-14(2)26-20(23)25-13-24-16-7-6-15-11-19-17-5-3-4-8-21(17,9-10-22-19)18(15)12-16;7-3(8)1-6(13,5(11)12)2-4(9)10/h6-7,12,14,17,19,22H,3-5,8-11,13H2,1-2H3;13H,1-2H2,(H,7,8)(H,9,10)(H,11,12)/t17-,19+,21+;/m1./s1. The van der Waals surface area contributed by atoms with Gasteiger partial charge in [-0.2, -0.15) is 0 Å². The predicted molar refractivity (Wildman–Crippen MR) is 135 cm³/mol. The lowest BCUT2D eigenvalue weighted by atomic mass is 9.53. The molecule has 5 N–H and O–H groups in total. The smallest absolute Gasteiger partial charge is 0.481 e. The summed E-state index contributed by atoms with van der Waals surface area (Å²) < 4.78 is 15.6. The highest BCUT2D eigenvalue weighted by Crippen LogP contribution is 2.54. The SMILES string of the molecule is CC(C)OC(=O)OCOc1ccc2c(c1)[C@]13CCCC[C@@H]1[C@H](C2)NCC3.O=C(O)CC(O)(CC(=O)O)C(=O)O. The van der Waals surface area contributed by atoms with E-state index in [2.05, 4.69) is 17.4 Å². The fraction of sp³-hybridized carbons (Fsp3) is 0.630. The molecule has 1 saturated heterocycles. The first-order chi connectivity index (χ1) is 18.4. The maximum Gasteiger partial charge on any atom is 0.511 e. The van der Waals surface area contributed by atoms with Crippen molar-refractivity contribution in [2.75, 3.05) is 13.3 Å². The van der Waals surface area contributed by atoms with Crippen molar-refractivity contribution < 1.29 is 53.8 Å². The number of ether oxygens (including phenoxy) is 3. The van der Waals surface area contributed by atoms with Gasteiger partial charge in [-0.1, -0.05) is 18.9 Å². The summed E-state index contributed by atoms with van der Waals surface area (Å²) in [7, 11) is 0. The lowest BCUT2D eigenvalue weighted by molar-refractivity contribution is -0.170. The summed E-state index contributed by atoms with van der Waals surface area (Å²) in [6.45, 7) is 4.57. The first-order valence-corrected chi connectivity index (χ1v) is 13.1. The van der Waals surface area contributed by atoms with Crippen molar-refractivity contribution in [2.45, 2.75) is 88.4 Å². The van der Waals surface area contributed by atoms with E-state index in [0.29, 0.717) is 11.5 Å². The molecule has 0 spiro atoms. The monoisotopic (exact) mass is 551 g/mol. The van der Waals surface area contributed by atoms with Crippen molar-refractivity contribution in [3.63, 3.8) is 0 Å². The van der Waals surface area contributed by atoms with Gasteiger partial charge >= 0.3 is 24.1 Å². The number of aliphatic carboxylic acids is 3. The molecule has 39 heavy (non-hydrogen) atoms. The Kier molecular flexibility index (Phi) is 9.78. The fourth-order valence-corrected chi connectivity index (χ4v) is 6.08. The number of benzene rings is 1. The van der Waals surface area contributed by atoms with Gasteiger partial charge in [0.2, 0.25) is 6.79 Å². The molecule has 1 heterocycles. The molecule has 3 aliphatic rings. The van der Waals surface area contributed by atoms with E-state index in [-0.39, 0.29) is 12.9 Å². The van der Waals surface area contributed by atoms with Crippen LogP contribution >= 0.6 is 0 Å². The number of hydrogen-bond donors (Lipinski definition) is 5. The van der Waals surface area contributed by atoms with E-state index >= 15 is 0 Å². The summed E-state index contributed by atoms with van der Waals surface area (Å²) in [6.07, 6.45) is 4.42. The van der Waals surface area contributed by atoms with E-state index in [0.717, 1.165) is 24.6 Å². The number of carbonyl (C=O) groups is 4. The van der Waals surface area contributed by atoms with Crippen molar-refractivity contribution in [2.24, 2.45) is 5.92 Å². The van der Waals surface area contributed by atoms with Crippen LogP contribution in [0.2, 0.25) is 0 Å². The molecule has 216 valence electrons. The zero-order valence-electron chi connectivity index (χ0n) is 22.2. The van der Waals surface area contributed by atoms with Gasteiger partial charge in [-0.15, -0.1) is 0 Å². The topological polar surface area (TPSA) is 189 Å². The van der Waals surface area contributed by atoms with Crippen molar-refractivity contribution in [1.29, 1.82) is 0 Å². The molecule has 3 atom stereocenters. The molecule has 2 aliphatic carbocycles. The van der Waals surface area contributed by atoms with Gasteiger partial charge in [0.1, 0.15) is 5.75 Å². The van der Waals surface area contributed by atoms with Crippen molar-refractivity contribution in [3.05, 3.63) is 29.3 Å². The lowest BCUT2D eigenvalue weighted by Gasteiger charge is -2.56. The first kappa shape index (κ1) is 30.2. The summed E-state index contributed by atoms with van der Waals surface area (Å²) in [6, 6.07) is 7.01. The zero-order chi connectivity index (χ0) is 28.8. The highest BCUT2D eigenvalue weighted by molar-refractivity contribution is 5.88. The van der Waals surface area contributed by atoms with Gasteiger partial charge < -0.3 is 40.0 Å². The largest absolute Gasteiger partial charge is 0.511 e. The number of carbonyl (C=O) groups excluding carboxylic acids is 1. The van der Waals surface area contributed by atoms with Crippen LogP contribution in [0.4, 0.5) is 4.79 Å². The third-order valence-corrected chi connectivity index (χ3v) is 7.64. The minimum atomic E-state index is -2.74. The van der Waals surface area contributed by atoms with Crippen molar-refractivity contribution in [1.82, 2.24) is 5.32 Å². The summed E-state index contributed by atoms with van der Waals surface area (Å²) >= 11 is 0. The lowest BCUT2D eigenvalue weighted by Crippen LogP contribution is -2.59. The molecule has 12 nitrogen and oxygen atoms in total. The van der Waals surface area contributed by atoms with Crippen LogP contribution in [0.15, 0.2) is 18.2 Å². The van der Waals surface area contributed by atoms with Gasteiger partial charge in [-0.05, 0) is 75.3 Å². The van der Waals surface area contributed by atoms with Crippen LogP contribution in [0, 0.1) is 5.92 Å². The van der Waals surface area contributed by atoms with Gasteiger partial charge in [0.15, 0.2) is 5.60 Å². The van der Waals surface area contributed by atoms with E-state index in [1.807, 2.05) is 6.07 Å². The zero-order valence-corrected chi connectivity index (χ0v) is 22.2. The minimum absolute atomic E-state index is 0.120. The molecule has 0 radical (unpaired) electrons. The van der Waals surface area contributed by atoms with Crippen LogP contribution < -0.4 is 10.1 Å². The number of piperidine rings is 1. The molecule has 4 rings (SSSR count). The Hall–Kier alpha value is -3.38. The molecule has 1 aromatic carbocycles. The third kappa shape index (κ3) is 7.39. The van der Waals surface area contributed by atoms with E-state index in [1.165, 1.54) is 43.2 Å². The van der Waals surface area contributed by atoms with Crippen LogP contribution in [-0.4, -0.2) is 75.6 Å². The Bertz CT molecular complexity index is 1050. The molecule has 12 heteroatoms. The van der Waals surface area contributed by atoms with Crippen LogP contribution in [-0.2, 0) is 35.7 Å². The van der Waals surface area contributed by atoms with E-state index in [1.54, 1.807) is 13.8 Å². The second kappa shape index (κ2) is 12.6. The first-order valence-electron chi connectivity index (χ1n) is 13.1. The van der Waals surface area contributed by atoms with Gasteiger partial charge in [0.05, 0.1) is 18.9 Å². The molecule has 2 fully saturated rings. The second-order valence-corrected chi connectivity index (χ2v) is 10.6. The Morgan fingerprint density at radius 1 is 1.08 bits per heavy atom. The molecule has 1 saturated carbocycles. The number of nitrogens with one attached hydrogen (secondary N) is 1.